The molecule has 1 fully saturated rings. The van der Waals surface area contributed by atoms with Gasteiger partial charge in [-0.2, -0.15) is 0 Å². The first-order chi connectivity index (χ1) is 4.88. The van der Waals surface area contributed by atoms with Crippen molar-refractivity contribution in [2.24, 2.45) is 0 Å². The van der Waals surface area contributed by atoms with E-state index in [1.807, 2.05) is 0 Å². The molecule has 2 heteroatoms. The summed E-state index contributed by atoms with van der Waals surface area (Å²) < 4.78 is 5.40. The lowest BCUT2D eigenvalue weighted by Gasteiger charge is -2.15. The Kier molecular flexibility index (Phi) is 1.27. The SMILES string of the molecule is CN1COC2=CC=CCC21. The summed E-state index contributed by atoms with van der Waals surface area (Å²) in [7, 11) is 2.09. The van der Waals surface area contributed by atoms with Gasteiger partial charge in [0.2, 0.25) is 0 Å². The molecule has 10 heavy (non-hydrogen) atoms. The quantitative estimate of drug-likeness (QED) is 0.496. The minimum atomic E-state index is 0.519. The van der Waals surface area contributed by atoms with Gasteiger partial charge in [-0.1, -0.05) is 12.2 Å². The molecule has 1 unspecified atom stereocenters. The van der Waals surface area contributed by atoms with Crippen molar-refractivity contribution in [3.8, 4) is 0 Å². The Morgan fingerprint density at radius 2 is 2.60 bits per heavy atom. The van der Waals surface area contributed by atoms with Gasteiger partial charge in [0.05, 0.1) is 6.04 Å². The molecule has 2 aliphatic rings. The van der Waals surface area contributed by atoms with Crippen LogP contribution in [0.3, 0.4) is 0 Å². The van der Waals surface area contributed by atoms with Crippen LogP contribution in [0.15, 0.2) is 24.0 Å². The highest BCUT2D eigenvalue weighted by Crippen LogP contribution is 2.24. The Morgan fingerprint density at radius 3 is 3.40 bits per heavy atom. The number of hydrogen-bond donors (Lipinski definition) is 0. The van der Waals surface area contributed by atoms with Crippen LogP contribution in [-0.2, 0) is 4.74 Å². The molecule has 0 amide bonds. The van der Waals surface area contributed by atoms with Crippen molar-refractivity contribution >= 4 is 0 Å². The van der Waals surface area contributed by atoms with Gasteiger partial charge in [0, 0.05) is 0 Å². The number of likely N-dealkylation sites (N-methyl/N-ethyl adjacent to an activating group) is 1. The van der Waals surface area contributed by atoms with E-state index in [1.165, 1.54) is 0 Å². The molecule has 1 saturated heterocycles. The minimum Gasteiger partial charge on any atom is -0.481 e. The van der Waals surface area contributed by atoms with E-state index in [2.05, 4.69) is 30.2 Å². The van der Waals surface area contributed by atoms with E-state index in [9.17, 15) is 0 Å². The Hall–Kier alpha value is -0.760. The Bertz CT molecular complexity index is 195. The zero-order chi connectivity index (χ0) is 6.97. The van der Waals surface area contributed by atoms with Crippen molar-refractivity contribution in [1.82, 2.24) is 4.90 Å². The summed E-state index contributed by atoms with van der Waals surface area (Å²) in [4.78, 5) is 2.22. The van der Waals surface area contributed by atoms with Crippen molar-refractivity contribution in [2.45, 2.75) is 12.5 Å². The van der Waals surface area contributed by atoms with Crippen LogP contribution in [0.25, 0.3) is 0 Å². The standard InChI is InChI=1S/C8H11NO/c1-9-6-10-8-5-3-2-4-7(8)9/h2-3,5,7H,4,6H2,1H3. The highest BCUT2D eigenvalue weighted by molar-refractivity contribution is 5.21. The minimum absolute atomic E-state index is 0.519. The fraction of sp³-hybridized carbons (Fsp3) is 0.500. The molecule has 54 valence electrons. The molecule has 0 N–H and O–H groups in total. The number of ether oxygens (including phenoxy) is 1. The Labute approximate surface area is 60.8 Å². The van der Waals surface area contributed by atoms with Crippen molar-refractivity contribution in [2.75, 3.05) is 13.8 Å². The van der Waals surface area contributed by atoms with Gasteiger partial charge in [-0.25, -0.2) is 0 Å². The van der Waals surface area contributed by atoms with Gasteiger partial charge in [-0.15, -0.1) is 0 Å². The van der Waals surface area contributed by atoms with E-state index >= 15 is 0 Å². The highest BCUT2D eigenvalue weighted by Gasteiger charge is 2.27. The summed E-state index contributed by atoms with van der Waals surface area (Å²) in [6.07, 6.45) is 7.39. The fourth-order valence-electron chi connectivity index (χ4n) is 1.41. The molecule has 1 aliphatic carbocycles. The zero-order valence-electron chi connectivity index (χ0n) is 6.08. The number of hydrogen-bond acceptors (Lipinski definition) is 2. The molecular weight excluding hydrogens is 126 g/mol. The van der Waals surface area contributed by atoms with Gasteiger partial charge >= 0.3 is 0 Å². The van der Waals surface area contributed by atoms with Crippen LogP contribution >= 0.6 is 0 Å². The summed E-state index contributed by atoms with van der Waals surface area (Å²) in [5, 5.41) is 0. The fourth-order valence-corrected chi connectivity index (χ4v) is 1.41. The van der Waals surface area contributed by atoms with Crippen LogP contribution in [0, 0.1) is 0 Å². The van der Waals surface area contributed by atoms with E-state index in [1.54, 1.807) is 0 Å². The summed E-state index contributed by atoms with van der Waals surface area (Å²) in [6, 6.07) is 0.519. The molecule has 0 aromatic rings. The Morgan fingerprint density at radius 1 is 1.70 bits per heavy atom. The molecule has 0 aromatic carbocycles. The van der Waals surface area contributed by atoms with E-state index in [4.69, 9.17) is 4.74 Å². The van der Waals surface area contributed by atoms with E-state index < -0.39 is 0 Å². The largest absolute Gasteiger partial charge is 0.481 e. The van der Waals surface area contributed by atoms with Gasteiger partial charge in [-0.05, 0) is 19.5 Å². The molecule has 1 aliphatic heterocycles. The molecule has 2 nitrogen and oxygen atoms in total. The second kappa shape index (κ2) is 2.13. The van der Waals surface area contributed by atoms with Gasteiger partial charge in [-0.3, -0.25) is 4.90 Å². The lowest BCUT2D eigenvalue weighted by atomic mass is 10.1. The molecule has 0 bridgehead atoms. The average molecular weight is 137 g/mol. The van der Waals surface area contributed by atoms with E-state index in [0.717, 1.165) is 18.9 Å². The third kappa shape index (κ3) is 0.762. The molecule has 0 aromatic heterocycles. The molecule has 2 rings (SSSR count). The van der Waals surface area contributed by atoms with Crippen molar-refractivity contribution in [3.63, 3.8) is 0 Å². The van der Waals surface area contributed by atoms with Crippen molar-refractivity contribution in [1.29, 1.82) is 0 Å². The number of allylic oxidation sites excluding steroid dienone is 2. The van der Waals surface area contributed by atoms with Crippen LogP contribution in [-0.4, -0.2) is 24.7 Å². The van der Waals surface area contributed by atoms with Gasteiger partial charge in [0.1, 0.15) is 12.5 Å². The maximum Gasteiger partial charge on any atom is 0.142 e. The zero-order valence-corrected chi connectivity index (χ0v) is 6.08. The predicted octanol–water partition coefficient (Wildman–Crippen LogP) is 1.12. The normalized spacial score (nSPS) is 31.3. The predicted molar refractivity (Wildman–Crippen MR) is 39.3 cm³/mol. The van der Waals surface area contributed by atoms with Crippen LogP contribution < -0.4 is 0 Å². The smallest absolute Gasteiger partial charge is 0.142 e. The average Bonchev–Trinajstić information content (AvgIpc) is 2.34. The first-order valence-corrected chi connectivity index (χ1v) is 3.57. The van der Waals surface area contributed by atoms with E-state index in [0.29, 0.717) is 6.04 Å². The first kappa shape index (κ1) is 5.98. The van der Waals surface area contributed by atoms with Crippen molar-refractivity contribution < 1.29 is 4.74 Å². The molecule has 1 heterocycles. The van der Waals surface area contributed by atoms with Gasteiger partial charge < -0.3 is 4.74 Å². The van der Waals surface area contributed by atoms with Crippen LogP contribution in [0.4, 0.5) is 0 Å². The van der Waals surface area contributed by atoms with Crippen molar-refractivity contribution in [3.05, 3.63) is 24.0 Å². The lowest BCUT2D eigenvalue weighted by Crippen LogP contribution is -2.25. The van der Waals surface area contributed by atoms with Gasteiger partial charge in [0.25, 0.3) is 0 Å². The summed E-state index contributed by atoms with van der Waals surface area (Å²) in [5.41, 5.74) is 0. The number of nitrogens with zero attached hydrogens (tertiary/aromatic N) is 1. The van der Waals surface area contributed by atoms with E-state index in [-0.39, 0.29) is 0 Å². The summed E-state index contributed by atoms with van der Waals surface area (Å²) in [6.45, 7) is 0.748. The topological polar surface area (TPSA) is 12.5 Å². The molecular formula is C8H11NO. The third-order valence-corrected chi connectivity index (χ3v) is 2.05. The maximum atomic E-state index is 5.40. The molecule has 1 atom stereocenters. The summed E-state index contributed by atoms with van der Waals surface area (Å²) >= 11 is 0. The van der Waals surface area contributed by atoms with Crippen LogP contribution in [0.5, 0.6) is 0 Å². The number of fused-ring (bicyclic) bond motifs is 1. The monoisotopic (exact) mass is 137 g/mol. The highest BCUT2D eigenvalue weighted by atomic mass is 16.5. The second-order valence-electron chi connectivity index (χ2n) is 2.78. The number of rotatable bonds is 0. The third-order valence-electron chi connectivity index (χ3n) is 2.05. The van der Waals surface area contributed by atoms with Gasteiger partial charge in [0.15, 0.2) is 0 Å². The first-order valence-electron chi connectivity index (χ1n) is 3.57. The molecule has 0 saturated carbocycles. The Balaban J connectivity index is 2.23. The molecule has 0 spiro atoms. The van der Waals surface area contributed by atoms with Crippen LogP contribution in [0.1, 0.15) is 6.42 Å². The molecule has 0 radical (unpaired) electrons. The van der Waals surface area contributed by atoms with Crippen LogP contribution in [0.2, 0.25) is 0 Å². The second-order valence-corrected chi connectivity index (χ2v) is 2.78. The maximum absolute atomic E-state index is 5.40. The lowest BCUT2D eigenvalue weighted by molar-refractivity contribution is 0.183. The summed E-state index contributed by atoms with van der Waals surface area (Å²) in [5.74, 6) is 1.13.